The lowest BCUT2D eigenvalue weighted by molar-refractivity contribution is 0.0699. The zero-order valence-electron chi connectivity index (χ0n) is 15.1. The molecule has 0 spiro atoms. The number of carbonyl (C=O) groups excluding carboxylic acids is 1. The predicted octanol–water partition coefficient (Wildman–Crippen LogP) is 2.67. The fraction of sp³-hybridized carbons (Fsp3) is 0.316. The van der Waals surface area contributed by atoms with Gasteiger partial charge in [-0.2, -0.15) is 5.10 Å². The Labute approximate surface area is 157 Å². The van der Waals surface area contributed by atoms with Gasteiger partial charge in [0, 0.05) is 30.9 Å². The third kappa shape index (κ3) is 3.94. The first-order valence-electron chi connectivity index (χ1n) is 9.00. The second kappa shape index (κ2) is 7.53. The molecule has 0 radical (unpaired) electrons. The summed E-state index contributed by atoms with van der Waals surface area (Å²) in [4.78, 5) is 27.8. The van der Waals surface area contributed by atoms with Crippen molar-refractivity contribution in [3.63, 3.8) is 0 Å². The van der Waals surface area contributed by atoms with Crippen LogP contribution in [0, 0.1) is 6.92 Å². The summed E-state index contributed by atoms with van der Waals surface area (Å²) < 4.78 is 0. The number of pyridine rings is 1. The molecule has 8 heteroatoms. The summed E-state index contributed by atoms with van der Waals surface area (Å²) in [5, 5.41) is 9.76. The van der Waals surface area contributed by atoms with Crippen LogP contribution in [0.2, 0.25) is 0 Å². The Morgan fingerprint density at radius 3 is 2.89 bits per heavy atom. The number of aromatic nitrogens is 5. The van der Waals surface area contributed by atoms with Crippen LogP contribution in [-0.2, 0) is 0 Å². The third-order valence-corrected chi connectivity index (χ3v) is 4.67. The Hall–Kier alpha value is -3.29. The van der Waals surface area contributed by atoms with Gasteiger partial charge in [-0.1, -0.05) is 6.07 Å². The van der Waals surface area contributed by atoms with Gasteiger partial charge in [0.15, 0.2) is 0 Å². The number of likely N-dealkylation sites (tertiary alicyclic amines) is 1. The molecule has 138 valence electrons. The highest BCUT2D eigenvalue weighted by Crippen LogP contribution is 2.26. The summed E-state index contributed by atoms with van der Waals surface area (Å²) in [6.07, 6.45) is 7.03. The summed E-state index contributed by atoms with van der Waals surface area (Å²) in [5.41, 5.74) is 2.36. The molecule has 1 aliphatic heterocycles. The number of amides is 1. The van der Waals surface area contributed by atoms with Crippen LogP contribution >= 0.6 is 0 Å². The normalized spacial score (nSPS) is 16.9. The SMILES string of the molecule is Cc1cccc(Nc2cnc([C@@H]3CCCN(C(=O)c4ccn[nH]4)C3)cn2)n1. The van der Waals surface area contributed by atoms with Crippen molar-refractivity contribution in [2.24, 2.45) is 0 Å². The lowest BCUT2D eigenvalue weighted by Gasteiger charge is -2.32. The molecule has 1 fully saturated rings. The van der Waals surface area contributed by atoms with Crippen LogP contribution in [0.15, 0.2) is 42.9 Å². The second-order valence-electron chi connectivity index (χ2n) is 6.68. The number of aromatic amines is 1. The van der Waals surface area contributed by atoms with Gasteiger partial charge in [-0.05, 0) is 38.0 Å². The molecular weight excluding hydrogens is 342 g/mol. The highest BCUT2D eigenvalue weighted by atomic mass is 16.2. The number of piperidine rings is 1. The van der Waals surface area contributed by atoms with Crippen molar-refractivity contribution >= 4 is 17.5 Å². The van der Waals surface area contributed by atoms with Crippen molar-refractivity contribution < 1.29 is 4.79 Å². The minimum atomic E-state index is -0.0195. The highest BCUT2D eigenvalue weighted by molar-refractivity contribution is 5.92. The van der Waals surface area contributed by atoms with Gasteiger partial charge in [0.05, 0.1) is 18.1 Å². The summed E-state index contributed by atoms with van der Waals surface area (Å²) in [7, 11) is 0. The Morgan fingerprint density at radius 1 is 1.22 bits per heavy atom. The largest absolute Gasteiger partial charge is 0.337 e. The second-order valence-corrected chi connectivity index (χ2v) is 6.68. The number of nitrogens with zero attached hydrogens (tertiary/aromatic N) is 5. The molecule has 27 heavy (non-hydrogen) atoms. The molecule has 3 aromatic heterocycles. The molecule has 0 unspecified atom stereocenters. The van der Waals surface area contributed by atoms with E-state index in [2.05, 4.69) is 30.5 Å². The van der Waals surface area contributed by atoms with Gasteiger partial charge in [-0.25, -0.2) is 9.97 Å². The molecule has 0 aliphatic carbocycles. The summed E-state index contributed by atoms with van der Waals surface area (Å²) in [5.74, 6) is 1.56. The quantitative estimate of drug-likeness (QED) is 0.739. The topological polar surface area (TPSA) is 99.7 Å². The number of nitrogens with one attached hydrogen (secondary N) is 2. The maximum absolute atomic E-state index is 12.5. The van der Waals surface area contributed by atoms with Crippen LogP contribution in [0.4, 0.5) is 11.6 Å². The van der Waals surface area contributed by atoms with Gasteiger partial charge in [-0.15, -0.1) is 0 Å². The monoisotopic (exact) mass is 363 g/mol. The van der Waals surface area contributed by atoms with Crippen LogP contribution in [0.5, 0.6) is 0 Å². The number of aryl methyl sites for hydroxylation is 1. The van der Waals surface area contributed by atoms with Crippen molar-refractivity contribution in [2.75, 3.05) is 18.4 Å². The van der Waals surface area contributed by atoms with Gasteiger partial charge in [0.1, 0.15) is 17.3 Å². The number of anilines is 2. The molecule has 1 saturated heterocycles. The molecule has 4 heterocycles. The summed E-state index contributed by atoms with van der Waals surface area (Å²) >= 11 is 0. The Bertz CT molecular complexity index is 908. The van der Waals surface area contributed by atoms with E-state index in [4.69, 9.17) is 0 Å². The number of hydrogen-bond donors (Lipinski definition) is 2. The first-order valence-corrected chi connectivity index (χ1v) is 9.00. The molecule has 1 amide bonds. The maximum Gasteiger partial charge on any atom is 0.271 e. The van der Waals surface area contributed by atoms with E-state index in [-0.39, 0.29) is 11.8 Å². The van der Waals surface area contributed by atoms with Crippen molar-refractivity contribution in [1.82, 2.24) is 30.0 Å². The van der Waals surface area contributed by atoms with E-state index in [1.807, 2.05) is 30.0 Å². The van der Waals surface area contributed by atoms with Crippen LogP contribution < -0.4 is 5.32 Å². The molecule has 1 aliphatic rings. The number of carbonyl (C=O) groups is 1. The molecule has 0 saturated carbocycles. The average molecular weight is 363 g/mol. The van der Waals surface area contributed by atoms with E-state index >= 15 is 0 Å². The smallest absolute Gasteiger partial charge is 0.271 e. The first-order chi connectivity index (χ1) is 13.2. The van der Waals surface area contributed by atoms with E-state index in [1.54, 1.807) is 24.7 Å². The van der Waals surface area contributed by atoms with Gasteiger partial charge >= 0.3 is 0 Å². The zero-order chi connectivity index (χ0) is 18.6. The van der Waals surface area contributed by atoms with Crippen LogP contribution in [0.3, 0.4) is 0 Å². The van der Waals surface area contributed by atoms with Crippen molar-refractivity contribution in [1.29, 1.82) is 0 Å². The van der Waals surface area contributed by atoms with E-state index in [9.17, 15) is 4.79 Å². The molecule has 0 bridgehead atoms. The van der Waals surface area contributed by atoms with E-state index in [0.717, 1.165) is 36.6 Å². The summed E-state index contributed by atoms with van der Waals surface area (Å²) in [6.45, 7) is 3.33. The first kappa shape index (κ1) is 17.1. The molecular formula is C19H21N7O. The Morgan fingerprint density at radius 2 is 2.15 bits per heavy atom. The standard InChI is InChI=1S/C19H21N7O/c1-13-4-2-6-17(23-13)24-18-11-20-16(10-21-18)14-5-3-9-26(12-14)19(27)15-7-8-22-25-15/h2,4,6-8,10-11,14H,3,5,9,12H2,1H3,(H,22,25)(H,21,23,24)/t14-/m1/s1. The van der Waals surface area contributed by atoms with Gasteiger partial charge in [0.25, 0.3) is 5.91 Å². The molecule has 3 aromatic rings. The molecule has 2 N–H and O–H groups in total. The molecule has 4 rings (SSSR count). The van der Waals surface area contributed by atoms with Gasteiger partial charge in [-0.3, -0.25) is 14.9 Å². The molecule has 8 nitrogen and oxygen atoms in total. The number of rotatable bonds is 4. The van der Waals surface area contributed by atoms with E-state index < -0.39 is 0 Å². The minimum Gasteiger partial charge on any atom is -0.337 e. The molecule has 0 aromatic carbocycles. The van der Waals surface area contributed by atoms with Crippen molar-refractivity contribution in [3.8, 4) is 0 Å². The Kier molecular flexibility index (Phi) is 4.78. The fourth-order valence-electron chi connectivity index (χ4n) is 3.31. The van der Waals surface area contributed by atoms with Crippen molar-refractivity contribution in [3.05, 3.63) is 59.9 Å². The third-order valence-electron chi connectivity index (χ3n) is 4.67. The Balaban J connectivity index is 1.43. The van der Waals surface area contributed by atoms with E-state index in [1.165, 1.54) is 0 Å². The zero-order valence-corrected chi connectivity index (χ0v) is 15.1. The van der Waals surface area contributed by atoms with Crippen LogP contribution in [0.25, 0.3) is 0 Å². The average Bonchev–Trinajstić information content (AvgIpc) is 3.23. The fourth-order valence-corrected chi connectivity index (χ4v) is 3.31. The molecule has 1 atom stereocenters. The maximum atomic E-state index is 12.5. The van der Waals surface area contributed by atoms with E-state index in [0.29, 0.717) is 18.1 Å². The lowest BCUT2D eigenvalue weighted by atomic mass is 9.95. The number of H-pyrrole nitrogens is 1. The summed E-state index contributed by atoms with van der Waals surface area (Å²) in [6, 6.07) is 7.48. The van der Waals surface area contributed by atoms with Gasteiger partial charge < -0.3 is 10.2 Å². The highest BCUT2D eigenvalue weighted by Gasteiger charge is 2.27. The predicted molar refractivity (Wildman–Crippen MR) is 101 cm³/mol. The van der Waals surface area contributed by atoms with Crippen molar-refractivity contribution in [2.45, 2.75) is 25.7 Å². The minimum absolute atomic E-state index is 0.0195. The lowest BCUT2D eigenvalue weighted by Crippen LogP contribution is -2.39. The van der Waals surface area contributed by atoms with Crippen LogP contribution in [-0.4, -0.2) is 49.0 Å². The van der Waals surface area contributed by atoms with Gasteiger partial charge in [0.2, 0.25) is 0 Å². The van der Waals surface area contributed by atoms with Crippen LogP contribution in [0.1, 0.15) is 40.6 Å². The number of hydrogen-bond acceptors (Lipinski definition) is 6.